The SMILES string of the molecule is CCCNC(CCCc1nccn1CCC)C1CC1. The van der Waals surface area contributed by atoms with Gasteiger partial charge in [-0.1, -0.05) is 13.8 Å². The van der Waals surface area contributed by atoms with Crippen LogP contribution in [0.2, 0.25) is 0 Å². The molecule has 2 rings (SSSR count). The molecule has 19 heavy (non-hydrogen) atoms. The van der Waals surface area contributed by atoms with E-state index in [1.54, 1.807) is 0 Å². The van der Waals surface area contributed by atoms with Crippen LogP contribution >= 0.6 is 0 Å². The summed E-state index contributed by atoms with van der Waals surface area (Å²) in [5, 5.41) is 3.72. The predicted molar refractivity (Wildman–Crippen MR) is 80.3 cm³/mol. The van der Waals surface area contributed by atoms with Crippen molar-refractivity contribution in [3.8, 4) is 0 Å². The highest BCUT2D eigenvalue weighted by Crippen LogP contribution is 2.34. The third kappa shape index (κ3) is 4.64. The quantitative estimate of drug-likeness (QED) is 0.701. The Morgan fingerprint density at radius 3 is 2.89 bits per heavy atom. The molecule has 0 aromatic carbocycles. The number of aryl methyl sites for hydroxylation is 2. The molecule has 0 aliphatic heterocycles. The summed E-state index contributed by atoms with van der Waals surface area (Å²) in [6.07, 6.45) is 13.1. The van der Waals surface area contributed by atoms with Crippen molar-refractivity contribution in [3.63, 3.8) is 0 Å². The highest BCUT2D eigenvalue weighted by Gasteiger charge is 2.30. The lowest BCUT2D eigenvalue weighted by molar-refractivity contribution is 0.421. The van der Waals surface area contributed by atoms with Crippen LogP contribution in [-0.4, -0.2) is 22.1 Å². The molecule has 1 unspecified atom stereocenters. The molecule has 0 spiro atoms. The summed E-state index contributed by atoms with van der Waals surface area (Å²) in [5.74, 6) is 2.23. The summed E-state index contributed by atoms with van der Waals surface area (Å²) < 4.78 is 2.31. The van der Waals surface area contributed by atoms with Crippen molar-refractivity contribution < 1.29 is 0 Å². The summed E-state index contributed by atoms with van der Waals surface area (Å²) in [6.45, 7) is 6.75. The highest BCUT2D eigenvalue weighted by atomic mass is 15.1. The Kier molecular flexibility index (Phi) is 5.90. The average molecular weight is 263 g/mol. The van der Waals surface area contributed by atoms with E-state index in [1.807, 2.05) is 6.20 Å². The smallest absolute Gasteiger partial charge is 0.108 e. The van der Waals surface area contributed by atoms with E-state index in [0.717, 1.165) is 24.9 Å². The zero-order valence-electron chi connectivity index (χ0n) is 12.6. The van der Waals surface area contributed by atoms with Crippen LogP contribution < -0.4 is 5.32 Å². The van der Waals surface area contributed by atoms with Gasteiger partial charge in [0.1, 0.15) is 5.82 Å². The first-order chi connectivity index (χ1) is 9.35. The Balaban J connectivity index is 1.73. The Labute approximate surface area is 117 Å². The fourth-order valence-electron chi connectivity index (χ4n) is 2.83. The maximum atomic E-state index is 4.50. The number of aromatic nitrogens is 2. The lowest BCUT2D eigenvalue weighted by Gasteiger charge is -2.17. The lowest BCUT2D eigenvalue weighted by Crippen LogP contribution is -2.31. The van der Waals surface area contributed by atoms with Gasteiger partial charge in [-0.15, -0.1) is 0 Å². The van der Waals surface area contributed by atoms with Gasteiger partial charge in [0.25, 0.3) is 0 Å². The minimum Gasteiger partial charge on any atom is -0.335 e. The molecule has 3 heteroatoms. The summed E-state index contributed by atoms with van der Waals surface area (Å²) in [5.41, 5.74) is 0. The van der Waals surface area contributed by atoms with E-state index in [-0.39, 0.29) is 0 Å². The minimum atomic E-state index is 0.759. The van der Waals surface area contributed by atoms with E-state index in [0.29, 0.717) is 0 Å². The fraction of sp³-hybridized carbons (Fsp3) is 0.812. The molecule has 1 aromatic rings. The minimum absolute atomic E-state index is 0.759. The molecule has 0 saturated heterocycles. The Morgan fingerprint density at radius 2 is 2.21 bits per heavy atom. The van der Waals surface area contributed by atoms with Crippen molar-refractivity contribution in [3.05, 3.63) is 18.2 Å². The van der Waals surface area contributed by atoms with Gasteiger partial charge >= 0.3 is 0 Å². The topological polar surface area (TPSA) is 29.9 Å². The largest absolute Gasteiger partial charge is 0.335 e. The van der Waals surface area contributed by atoms with Crippen LogP contribution in [0.15, 0.2) is 12.4 Å². The second-order valence-corrected chi connectivity index (χ2v) is 5.83. The molecule has 1 heterocycles. The van der Waals surface area contributed by atoms with Gasteiger partial charge in [-0.05, 0) is 51.0 Å². The number of imidazole rings is 1. The molecular formula is C16H29N3. The summed E-state index contributed by atoms with van der Waals surface area (Å²) in [6, 6.07) is 0.759. The van der Waals surface area contributed by atoms with Crippen molar-refractivity contribution >= 4 is 0 Å². The van der Waals surface area contributed by atoms with Crippen molar-refractivity contribution in [2.75, 3.05) is 6.54 Å². The van der Waals surface area contributed by atoms with Gasteiger partial charge < -0.3 is 9.88 Å². The second-order valence-electron chi connectivity index (χ2n) is 5.83. The van der Waals surface area contributed by atoms with E-state index < -0.39 is 0 Å². The Hall–Kier alpha value is -0.830. The zero-order chi connectivity index (χ0) is 13.5. The molecule has 1 aromatic heterocycles. The van der Waals surface area contributed by atoms with Gasteiger partial charge in [-0.25, -0.2) is 4.98 Å². The van der Waals surface area contributed by atoms with Gasteiger partial charge in [0, 0.05) is 31.4 Å². The molecule has 3 nitrogen and oxygen atoms in total. The van der Waals surface area contributed by atoms with Gasteiger partial charge in [0.2, 0.25) is 0 Å². The summed E-state index contributed by atoms with van der Waals surface area (Å²) in [7, 11) is 0. The van der Waals surface area contributed by atoms with E-state index >= 15 is 0 Å². The third-order valence-corrected chi connectivity index (χ3v) is 4.03. The Morgan fingerprint density at radius 1 is 1.37 bits per heavy atom. The molecule has 1 aliphatic rings. The monoisotopic (exact) mass is 263 g/mol. The van der Waals surface area contributed by atoms with E-state index in [9.17, 15) is 0 Å². The first kappa shape index (κ1) is 14.6. The van der Waals surface area contributed by atoms with Crippen molar-refractivity contribution in [1.82, 2.24) is 14.9 Å². The number of nitrogens with one attached hydrogen (secondary N) is 1. The van der Waals surface area contributed by atoms with Crippen LogP contribution in [-0.2, 0) is 13.0 Å². The summed E-state index contributed by atoms with van der Waals surface area (Å²) in [4.78, 5) is 4.50. The first-order valence-electron chi connectivity index (χ1n) is 8.08. The zero-order valence-corrected chi connectivity index (χ0v) is 12.6. The van der Waals surface area contributed by atoms with E-state index in [4.69, 9.17) is 0 Å². The second kappa shape index (κ2) is 7.68. The molecule has 1 fully saturated rings. The normalized spacial score (nSPS) is 16.7. The number of hydrogen-bond donors (Lipinski definition) is 1. The molecule has 1 aliphatic carbocycles. The maximum Gasteiger partial charge on any atom is 0.108 e. The lowest BCUT2D eigenvalue weighted by atomic mass is 10.0. The molecule has 0 amide bonds. The van der Waals surface area contributed by atoms with E-state index in [1.165, 1.54) is 50.9 Å². The average Bonchev–Trinajstić information content (AvgIpc) is 3.16. The number of hydrogen-bond acceptors (Lipinski definition) is 2. The van der Waals surface area contributed by atoms with Crippen LogP contribution in [0.5, 0.6) is 0 Å². The van der Waals surface area contributed by atoms with Crippen LogP contribution in [0.25, 0.3) is 0 Å². The van der Waals surface area contributed by atoms with Crippen LogP contribution in [0.1, 0.15) is 58.2 Å². The standard InChI is InChI=1S/C16H29N3/c1-3-10-17-15(14-8-9-14)6-5-7-16-18-11-13-19(16)12-4-2/h11,13-15,17H,3-10,12H2,1-2H3. The highest BCUT2D eigenvalue weighted by molar-refractivity contribution is 4.93. The third-order valence-electron chi connectivity index (χ3n) is 4.03. The predicted octanol–water partition coefficient (Wildman–Crippen LogP) is 3.39. The molecule has 1 atom stereocenters. The van der Waals surface area contributed by atoms with Crippen LogP contribution in [0, 0.1) is 5.92 Å². The molecule has 0 bridgehead atoms. The van der Waals surface area contributed by atoms with Gasteiger partial charge in [0.15, 0.2) is 0 Å². The van der Waals surface area contributed by atoms with Gasteiger partial charge in [0.05, 0.1) is 0 Å². The molecule has 1 N–H and O–H groups in total. The molecule has 108 valence electrons. The Bertz CT molecular complexity index is 355. The van der Waals surface area contributed by atoms with Gasteiger partial charge in [-0.2, -0.15) is 0 Å². The molecule has 0 radical (unpaired) electrons. The number of rotatable bonds is 10. The summed E-state index contributed by atoms with van der Waals surface area (Å²) >= 11 is 0. The van der Waals surface area contributed by atoms with Crippen LogP contribution in [0.3, 0.4) is 0 Å². The number of nitrogens with zero attached hydrogens (tertiary/aromatic N) is 2. The molecular weight excluding hydrogens is 234 g/mol. The first-order valence-corrected chi connectivity index (χ1v) is 8.08. The fourth-order valence-corrected chi connectivity index (χ4v) is 2.83. The maximum absolute atomic E-state index is 4.50. The van der Waals surface area contributed by atoms with Crippen molar-refractivity contribution in [1.29, 1.82) is 0 Å². The van der Waals surface area contributed by atoms with Crippen LogP contribution in [0.4, 0.5) is 0 Å². The van der Waals surface area contributed by atoms with Crippen molar-refractivity contribution in [2.24, 2.45) is 5.92 Å². The molecule has 1 saturated carbocycles. The van der Waals surface area contributed by atoms with Crippen molar-refractivity contribution in [2.45, 2.75) is 71.4 Å². The van der Waals surface area contributed by atoms with E-state index in [2.05, 4.69) is 34.9 Å². The van der Waals surface area contributed by atoms with Gasteiger partial charge in [-0.3, -0.25) is 0 Å².